The molecule has 0 aliphatic carbocycles. The molecule has 0 spiro atoms. The van der Waals surface area contributed by atoms with Crippen molar-refractivity contribution in [1.29, 1.82) is 0 Å². The molecule has 4 rings (SSSR count). The largest absolute Gasteiger partial charge is 0.353 e. The number of aryl methyl sites for hydroxylation is 1. The van der Waals surface area contributed by atoms with Crippen LogP contribution in [0.25, 0.3) is 5.52 Å². The van der Waals surface area contributed by atoms with E-state index in [0.717, 1.165) is 35.3 Å². The van der Waals surface area contributed by atoms with Gasteiger partial charge >= 0.3 is 0 Å². The number of hydrogen-bond donors (Lipinski definition) is 1. The van der Waals surface area contributed by atoms with Crippen LogP contribution < -0.4 is 10.2 Å². The summed E-state index contributed by atoms with van der Waals surface area (Å²) >= 11 is 3.39. The van der Waals surface area contributed by atoms with Gasteiger partial charge in [-0.05, 0) is 49.2 Å². The Morgan fingerprint density at radius 1 is 1.19 bits per heavy atom. The Bertz CT molecular complexity index is 920. The van der Waals surface area contributed by atoms with E-state index in [1.807, 2.05) is 50.5 Å². The average Bonchev–Trinajstić information content (AvgIpc) is 3.31. The van der Waals surface area contributed by atoms with Crippen molar-refractivity contribution in [3.63, 3.8) is 0 Å². The van der Waals surface area contributed by atoms with Gasteiger partial charge in [0, 0.05) is 47.8 Å². The highest BCUT2D eigenvalue weighted by atomic mass is 79.9. The number of nitrogens with zero attached hydrogens (tertiary/aromatic N) is 3. The van der Waals surface area contributed by atoms with Crippen molar-refractivity contribution in [2.45, 2.75) is 33.2 Å². The van der Waals surface area contributed by atoms with Gasteiger partial charge in [0.05, 0.1) is 5.52 Å². The van der Waals surface area contributed by atoms with Crippen LogP contribution in [0.3, 0.4) is 0 Å². The topological polar surface area (TPSA) is 49.6 Å². The van der Waals surface area contributed by atoms with Gasteiger partial charge < -0.3 is 14.6 Å². The van der Waals surface area contributed by atoms with E-state index in [1.165, 1.54) is 5.56 Å². The van der Waals surface area contributed by atoms with Crippen molar-refractivity contribution < 1.29 is 4.79 Å². The van der Waals surface area contributed by atoms with E-state index in [0.29, 0.717) is 5.56 Å². The van der Waals surface area contributed by atoms with E-state index < -0.39 is 0 Å². The van der Waals surface area contributed by atoms with Crippen LogP contribution in [0.5, 0.6) is 0 Å². The molecule has 0 bridgehead atoms. The summed E-state index contributed by atoms with van der Waals surface area (Å²) in [4.78, 5) is 19.3. The van der Waals surface area contributed by atoms with Gasteiger partial charge in [-0.2, -0.15) is 0 Å². The lowest BCUT2D eigenvalue weighted by Gasteiger charge is -2.19. The molecule has 0 radical (unpaired) electrons. The summed E-state index contributed by atoms with van der Waals surface area (Å²) in [5.74, 6) is 0.967. The Hall–Kier alpha value is -2.34. The monoisotopic (exact) mass is 428 g/mol. The number of carbonyl (C=O) groups is 1. The number of rotatable bonds is 3. The quantitative estimate of drug-likeness (QED) is 0.670. The van der Waals surface area contributed by atoms with E-state index in [9.17, 15) is 4.79 Å². The van der Waals surface area contributed by atoms with E-state index in [2.05, 4.69) is 54.7 Å². The van der Waals surface area contributed by atoms with Crippen LogP contribution in [0.2, 0.25) is 0 Å². The van der Waals surface area contributed by atoms with Crippen molar-refractivity contribution in [2.24, 2.45) is 0 Å². The summed E-state index contributed by atoms with van der Waals surface area (Å²) in [6.45, 7) is 7.77. The molecule has 1 aromatic carbocycles. The highest BCUT2D eigenvalue weighted by molar-refractivity contribution is 9.10. The van der Waals surface area contributed by atoms with E-state index >= 15 is 0 Å². The number of hydrogen-bond acceptors (Lipinski definition) is 3. The molecule has 5 nitrogen and oxygen atoms in total. The van der Waals surface area contributed by atoms with Gasteiger partial charge in [0.2, 0.25) is 0 Å². The third-order valence-corrected chi connectivity index (χ3v) is 5.21. The minimum Gasteiger partial charge on any atom is -0.353 e. The smallest absolute Gasteiger partial charge is 0.251 e. The maximum absolute atomic E-state index is 12.4. The second kappa shape index (κ2) is 8.57. The molecule has 1 amide bonds. The van der Waals surface area contributed by atoms with E-state index in [4.69, 9.17) is 0 Å². The van der Waals surface area contributed by atoms with Gasteiger partial charge in [-0.15, -0.1) is 0 Å². The molecule has 1 unspecified atom stereocenters. The highest BCUT2D eigenvalue weighted by Gasteiger charge is 2.26. The molecule has 27 heavy (non-hydrogen) atoms. The lowest BCUT2D eigenvalue weighted by Crippen LogP contribution is -2.37. The molecule has 3 heterocycles. The predicted octanol–water partition coefficient (Wildman–Crippen LogP) is 4.44. The predicted molar refractivity (Wildman–Crippen MR) is 114 cm³/mol. The number of aromatic nitrogens is 2. The first-order valence-corrected chi connectivity index (χ1v) is 10.1. The van der Waals surface area contributed by atoms with Crippen LogP contribution in [-0.2, 0) is 0 Å². The number of anilines is 1. The maximum atomic E-state index is 12.4. The lowest BCUT2D eigenvalue weighted by atomic mass is 10.2. The van der Waals surface area contributed by atoms with Gasteiger partial charge in [-0.25, -0.2) is 4.98 Å². The van der Waals surface area contributed by atoms with Crippen molar-refractivity contribution in [1.82, 2.24) is 14.7 Å². The third-order valence-electron chi connectivity index (χ3n) is 4.68. The average molecular weight is 429 g/mol. The summed E-state index contributed by atoms with van der Waals surface area (Å²) < 4.78 is 3.07. The number of fused-ring (bicyclic) bond motifs is 1. The summed E-state index contributed by atoms with van der Waals surface area (Å²) in [5.41, 5.74) is 3.04. The number of amides is 1. The summed E-state index contributed by atoms with van der Waals surface area (Å²) in [7, 11) is 0. The van der Waals surface area contributed by atoms with Crippen LogP contribution in [0, 0.1) is 6.92 Å². The van der Waals surface area contributed by atoms with E-state index in [1.54, 1.807) is 0 Å². The molecule has 0 saturated carbocycles. The number of carbonyl (C=O) groups excluding carboxylic acids is 1. The minimum absolute atomic E-state index is 0.0237. The van der Waals surface area contributed by atoms with Crippen molar-refractivity contribution >= 4 is 33.2 Å². The maximum Gasteiger partial charge on any atom is 0.251 e. The molecule has 3 aromatic rings. The SMILES string of the molecule is CC.Cc1ccn2ccnc(N3CCC(NC(=O)c4ccc(Br)cc4)C3)c12. The fourth-order valence-electron chi connectivity index (χ4n) is 3.37. The molecule has 1 atom stereocenters. The molecule has 1 fully saturated rings. The molecule has 1 saturated heterocycles. The molecule has 1 aliphatic heterocycles. The molecular weight excluding hydrogens is 404 g/mol. The zero-order valence-corrected chi connectivity index (χ0v) is 17.5. The first-order chi connectivity index (χ1) is 13.1. The van der Waals surface area contributed by atoms with Crippen LogP contribution in [-0.4, -0.2) is 34.4 Å². The standard InChI is InChI=1S/C19H19BrN4O.C2H6/c1-13-6-9-23-11-8-21-18(17(13)23)24-10-7-16(12-24)22-19(25)14-2-4-15(20)5-3-14;1-2/h2-6,8-9,11,16H,7,10,12H2,1H3,(H,22,25);1-2H3. The Balaban J connectivity index is 0.00000102. The zero-order chi connectivity index (χ0) is 19.4. The number of halogens is 1. The van der Waals surface area contributed by atoms with Gasteiger partial charge in [-0.1, -0.05) is 29.8 Å². The van der Waals surface area contributed by atoms with Crippen molar-refractivity contribution in [2.75, 3.05) is 18.0 Å². The Morgan fingerprint density at radius 2 is 1.93 bits per heavy atom. The van der Waals surface area contributed by atoms with Crippen molar-refractivity contribution in [3.8, 4) is 0 Å². The molecule has 1 N–H and O–H groups in total. The first kappa shape index (κ1) is 19.4. The molecule has 142 valence electrons. The van der Waals surface area contributed by atoms with Crippen LogP contribution >= 0.6 is 15.9 Å². The molecular formula is C21H25BrN4O. The summed E-state index contributed by atoms with van der Waals surface area (Å²) in [6.07, 6.45) is 6.77. The molecule has 1 aliphatic rings. The Morgan fingerprint density at radius 3 is 2.67 bits per heavy atom. The summed E-state index contributed by atoms with van der Waals surface area (Å²) in [5, 5.41) is 3.14. The van der Waals surface area contributed by atoms with Gasteiger partial charge in [0.1, 0.15) is 0 Å². The molecule has 6 heteroatoms. The fraction of sp³-hybridized carbons (Fsp3) is 0.333. The minimum atomic E-state index is -0.0237. The van der Waals surface area contributed by atoms with E-state index in [-0.39, 0.29) is 11.9 Å². The van der Waals surface area contributed by atoms with Crippen LogP contribution in [0.1, 0.15) is 36.2 Å². The van der Waals surface area contributed by atoms with Gasteiger partial charge in [0.15, 0.2) is 5.82 Å². The zero-order valence-electron chi connectivity index (χ0n) is 15.9. The van der Waals surface area contributed by atoms with Gasteiger partial charge in [-0.3, -0.25) is 4.79 Å². The second-order valence-corrected chi connectivity index (χ2v) is 7.33. The summed E-state index contributed by atoms with van der Waals surface area (Å²) in [6, 6.07) is 9.67. The highest BCUT2D eigenvalue weighted by Crippen LogP contribution is 2.26. The fourth-order valence-corrected chi connectivity index (χ4v) is 3.64. The Kier molecular flexibility index (Phi) is 6.16. The first-order valence-electron chi connectivity index (χ1n) is 9.35. The van der Waals surface area contributed by atoms with Crippen LogP contribution in [0.15, 0.2) is 53.4 Å². The van der Waals surface area contributed by atoms with Gasteiger partial charge in [0.25, 0.3) is 5.91 Å². The number of nitrogens with one attached hydrogen (secondary N) is 1. The second-order valence-electron chi connectivity index (χ2n) is 6.42. The third kappa shape index (κ3) is 4.16. The van der Waals surface area contributed by atoms with Crippen molar-refractivity contribution in [3.05, 3.63) is 64.5 Å². The number of benzene rings is 1. The lowest BCUT2D eigenvalue weighted by molar-refractivity contribution is 0.0940. The van der Waals surface area contributed by atoms with Crippen LogP contribution in [0.4, 0.5) is 5.82 Å². The molecule has 2 aromatic heterocycles. The normalized spacial score (nSPS) is 16.1. The Labute approximate surface area is 168 Å².